The molecule has 29 nitrogen and oxygen atoms in total. The number of amides is 12. The molecule has 14 atom stereocenters. The summed E-state index contributed by atoms with van der Waals surface area (Å²) < 4.78 is 16.6. The number of carbonyl (C=O) groups is 13. The number of likely N-dealkylation sites (tertiary alicyclic amines) is 2. The molecule has 0 spiro atoms. The van der Waals surface area contributed by atoms with E-state index in [0.717, 1.165) is 55.6 Å². The van der Waals surface area contributed by atoms with Crippen LogP contribution in [-0.4, -0.2) is 214 Å². The predicted octanol–water partition coefficient (Wildman–Crippen LogP) is 12.7. The van der Waals surface area contributed by atoms with Crippen molar-refractivity contribution in [3.63, 3.8) is 0 Å². The summed E-state index contributed by atoms with van der Waals surface area (Å²) in [6, 6.07) is 58.6. The van der Waals surface area contributed by atoms with Crippen molar-refractivity contribution in [3.8, 4) is 11.1 Å². The molecule has 2 saturated heterocycles. The van der Waals surface area contributed by atoms with Crippen LogP contribution in [0.3, 0.4) is 0 Å². The fourth-order valence-corrected chi connectivity index (χ4v) is 21.6. The van der Waals surface area contributed by atoms with Crippen molar-refractivity contribution < 1.29 is 81.6 Å². The third-order valence-electron chi connectivity index (χ3n) is 26.1. The molecule has 0 radical (unpaired) electrons. The Morgan fingerprint density at radius 3 is 1.26 bits per heavy atom. The number of fused-ring (bicyclic) bond motifs is 3. The Hall–Kier alpha value is -12.7. The topological polar surface area (TPSA) is 411 Å². The van der Waals surface area contributed by atoms with Crippen molar-refractivity contribution >= 4 is 101 Å². The standard InChI is InChI=1S/C110H138N12O17S2/c1-15-69(5)92(101(130)116-87(98(127)113-84(105(134)135)59-60-91(111)123)66-140-109(73-41-23-17-24-42-73,74-43-25-18-26-44-74)75-45-27-19-28-46-75)118-100(129)89-57-39-61-121(89)103(132)90-58-40-62-122(90)104(133)93(70(6)16-2)119-97(126)86(65-138-107(9,10)11)114-95(124)71(7)112-102(131)94(72(8)139-108(12,13)14)120-99(128)88(67-141-110(76-47-29-20-30-48-76,77-49-31-21-32-50-77)78-51-33-22-34-52-78)115-96(125)85(63-68(3)4)117-106(136)137-64-83-81-55-37-35-53-79(81)80-54-36-38-56-82(80)83/h17-38,41-56,68-72,83-90,92-94H,15-16,39-40,57-67H2,1-14H3,(H2,111,123)(H,112,131)(H,113,127)(H,114,124)(H,115,125)(H,116,130)(H,117,136)(H,118,129)(H,119,126)(H,120,128)(H,134,135)/t69-,70-,71-,72+,84-,85-,86-,87-,88-,89-,90-,92-,93-,94-/m0/s1. The molecule has 1 aliphatic carbocycles. The van der Waals surface area contributed by atoms with Gasteiger partial charge in [-0.05, 0) is 167 Å². The minimum absolute atomic E-state index is 0.0374. The zero-order valence-corrected chi connectivity index (χ0v) is 84.7. The molecule has 3 aliphatic rings. The minimum atomic E-state index is -1.59. The number of ether oxygens (including phenoxy) is 3. The van der Waals surface area contributed by atoms with Crippen LogP contribution in [0.25, 0.3) is 11.1 Å². The second-order valence-electron chi connectivity index (χ2n) is 39.1. The molecular weight excluding hydrogens is 1830 g/mol. The van der Waals surface area contributed by atoms with Crippen LogP contribution in [0, 0.1) is 17.8 Å². The third kappa shape index (κ3) is 28.2. The molecule has 2 aliphatic heterocycles. The van der Waals surface area contributed by atoms with E-state index in [2.05, 4.69) is 47.9 Å². The van der Waals surface area contributed by atoms with Crippen molar-refractivity contribution in [3.05, 3.63) is 275 Å². The Morgan fingerprint density at radius 2 is 0.816 bits per heavy atom. The van der Waals surface area contributed by atoms with Crippen molar-refractivity contribution in [2.75, 3.05) is 37.8 Å². The molecule has 2 fully saturated rings. The molecule has 12 N–H and O–H groups in total. The van der Waals surface area contributed by atoms with Crippen molar-refractivity contribution in [2.45, 2.75) is 254 Å². The quantitative estimate of drug-likeness (QED) is 0.0158. The van der Waals surface area contributed by atoms with Gasteiger partial charge in [0.05, 0.1) is 33.4 Å². The van der Waals surface area contributed by atoms with Crippen LogP contribution in [0.5, 0.6) is 0 Å². The van der Waals surface area contributed by atoms with E-state index in [1.54, 1.807) is 62.3 Å². The molecule has 11 rings (SSSR count). The van der Waals surface area contributed by atoms with E-state index in [9.17, 15) is 29.1 Å². The summed E-state index contributed by atoms with van der Waals surface area (Å²) in [5.41, 5.74) is 12.7. The molecule has 0 unspecified atom stereocenters. The number of primary amides is 1. The predicted molar refractivity (Wildman–Crippen MR) is 546 cm³/mol. The molecule has 0 aromatic heterocycles. The van der Waals surface area contributed by atoms with E-state index < -0.39 is 189 Å². The van der Waals surface area contributed by atoms with E-state index in [-0.39, 0.29) is 75.1 Å². The maximum Gasteiger partial charge on any atom is 0.407 e. The van der Waals surface area contributed by atoms with Crippen LogP contribution >= 0.6 is 23.5 Å². The number of thioether (sulfide) groups is 2. The largest absolute Gasteiger partial charge is 0.480 e. The number of hydrogen-bond donors (Lipinski definition) is 11. The fourth-order valence-electron chi connectivity index (χ4n) is 18.5. The summed E-state index contributed by atoms with van der Waals surface area (Å²) in [7, 11) is 0. The van der Waals surface area contributed by atoms with Gasteiger partial charge in [0.15, 0.2) is 0 Å². The van der Waals surface area contributed by atoms with Crippen LogP contribution in [-0.2, 0) is 81.2 Å². The lowest BCUT2D eigenvalue weighted by molar-refractivity contribution is -0.149. The Balaban J connectivity index is 0.806. The maximum absolute atomic E-state index is 15.9. The monoisotopic (exact) mass is 1960 g/mol. The van der Waals surface area contributed by atoms with E-state index in [0.29, 0.717) is 25.7 Å². The molecule has 8 aromatic rings. The molecule has 8 aromatic carbocycles. The molecule has 31 heteroatoms. The van der Waals surface area contributed by atoms with Gasteiger partial charge in [-0.2, -0.15) is 0 Å². The number of rotatable bonds is 47. The number of nitrogens with one attached hydrogen (secondary N) is 9. The lowest BCUT2D eigenvalue weighted by atomic mass is 9.84. The number of alkyl carbamates (subject to hydrolysis) is 1. The highest BCUT2D eigenvalue weighted by Gasteiger charge is 2.49. The SMILES string of the molecule is CC[C@H](C)[C@H](NC(=O)[C@@H]1CCCN1C(=O)[C@@H]1CCCN1C(=O)[C@@H](NC(=O)[C@H](COC(C)(C)C)NC(=O)[C@H](C)NC(=O)[C@@H](NC(=O)[C@H](CSC(c1ccccc1)(c1ccccc1)c1ccccc1)NC(=O)[C@H](CC(C)C)NC(=O)OCC1c2ccccc2-c2ccccc21)[C@@H](C)OC(C)(C)C)[C@@H](C)CC)C(=O)N[C@@H](CSC(c1ccccc1)(c1ccccc1)c1ccccc1)C(=O)N[C@@H](CCC(N)=O)C(=O)O. The highest BCUT2D eigenvalue weighted by Crippen LogP contribution is 2.51. The maximum atomic E-state index is 15.9. The summed E-state index contributed by atoms with van der Waals surface area (Å²) >= 11 is 2.69. The molecule has 141 heavy (non-hydrogen) atoms. The third-order valence-corrected chi connectivity index (χ3v) is 29.4. The minimum Gasteiger partial charge on any atom is -0.480 e. The van der Waals surface area contributed by atoms with Crippen molar-refractivity contribution in [1.29, 1.82) is 0 Å². The van der Waals surface area contributed by atoms with Crippen LogP contribution in [0.1, 0.15) is 205 Å². The summed E-state index contributed by atoms with van der Waals surface area (Å²) in [5.74, 6) is -11.8. The molecule has 12 amide bonds. The van der Waals surface area contributed by atoms with Gasteiger partial charge in [-0.1, -0.05) is 285 Å². The van der Waals surface area contributed by atoms with Gasteiger partial charge in [-0.3, -0.25) is 52.7 Å². The van der Waals surface area contributed by atoms with E-state index in [1.807, 2.05) is 258 Å². The number of carboxylic acid groups (broad SMARTS) is 1. The summed E-state index contributed by atoms with van der Waals surface area (Å²) in [6.45, 7) is 24.2. The first-order valence-corrected chi connectivity index (χ1v) is 50.8. The number of hydrogen-bond acceptors (Lipinski definition) is 18. The average molecular weight is 1960 g/mol. The van der Waals surface area contributed by atoms with Gasteiger partial charge in [0.2, 0.25) is 65.0 Å². The highest BCUT2D eigenvalue weighted by molar-refractivity contribution is 8.01. The summed E-state index contributed by atoms with van der Waals surface area (Å²) in [4.78, 5) is 195. The van der Waals surface area contributed by atoms with Crippen LogP contribution < -0.4 is 53.6 Å². The zero-order chi connectivity index (χ0) is 102. The number of benzene rings is 8. The smallest absolute Gasteiger partial charge is 0.407 e. The average Bonchev–Trinajstić information content (AvgIpc) is 0.971. The first-order chi connectivity index (χ1) is 67.3. The Morgan fingerprint density at radius 1 is 0.426 bits per heavy atom. The lowest BCUT2D eigenvalue weighted by Crippen LogP contribution is -2.63. The first kappa shape index (κ1) is 109. The van der Waals surface area contributed by atoms with Gasteiger partial charge in [-0.25, -0.2) is 9.59 Å². The van der Waals surface area contributed by atoms with Crippen LogP contribution in [0.4, 0.5) is 4.79 Å². The van der Waals surface area contributed by atoms with Gasteiger partial charge in [-0.15, -0.1) is 23.5 Å². The van der Waals surface area contributed by atoms with Crippen molar-refractivity contribution in [2.24, 2.45) is 23.5 Å². The number of aliphatic carboxylic acids is 1. The first-order valence-electron chi connectivity index (χ1n) is 48.9. The highest BCUT2D eigenvalue weighted by atomic mass is 32.2. The van der Waals surface area contributed by atoms with Gasteiger partial charge in [0.1, 0.15) is 73.1 Å². The van der Waals surface area contributed by atoms with Crippen LogP contribution in [0.2, 0.25) is 0 Å². The summed E-state index contributed by atoms with van der Waals surface area (Å²) in [6.07, 6.45) is -0.801. The molecular formula is C110H138N12O17S2. The molecule has 752 valence electrons. The second-order valence-corrected chi connectivity index (χ2v) is 41.6. The molecule has 2 heterocycles. The number of nitrogens with zero attached hydrogens (tertiary/aromatic N) is 2. The zero-order valence-electron chi connectivity index (χ0n) is 83.1. The molecule has 0 saturated carbocycles. The number of carbonyl (C=O) groups excluding carboxylic acids is 12. The van der Waals surface area contributed by atoms with E-state index in [1.165, 1.54) is 40.2 Å². The van der Waals surface area contributed by atoms with E-state index in [4.69, 9.17) is 19.9 Å². The molecule has 0 bridgehead atoms. The normalized spacial score (nSPS) is 16.9. The summed E-state index contributed by atoms with van der Waals surface area (Å²) in [5, 5.41) is 36.0. The van der Waals surface area contributed by atoms with Gasteiger partial charge in [0, 0.05) is 36.9 Å². The Labute approximate surface area is 836 Å². The van der Waals surface area contributed by atoms with Gasteiger partial charge >= 0.3 is 12.1 Å². The Kier molecular flexibility index (Phi) is 38.6. The van der Waals surface area contributed by atoms with Gasteiger partial charge in [0.25, 0.3) is 0 Å². The second kappa shape index (κ2) is 50.1. The number of carboxylic acids is 1. The Bertz CT molecular complexity index is 5360. The van der Waals surface area contributed by atoms with Crippen LogP contribution in [0.15, 0.2) is 231 Å². The van der Waals surface area contributed by atoms with Crippen molar-refractivity contribution in [1.82, 2.24) is 57.7 Å². The lowest BCUT2D eigenvalue weighted by Gasteiger charge is -2.37. The fraction of sp³-hybridized carbons (Fsp3) is 0.445. The number of nitrogens with two attached hydrogens (primary N) is 1. The van der Waals surface area contributed by atoms with E-state index >= 15 is 38.4 Å². The van der Waals surface area contributed by atoms with Gasteiger partial charge < -0.3 is 82.7 Å².